The van der Waals surface area contributed by atoms with E-state index in [1.54, 1.807) is 13.0 Å². The Bertz CT molecular complexity index is 626. The quantitative estimate of drug-likeness (QED) is 0.263. The summed E-state index contributed by atoms with van der Waals surface area (Å²) in [4.78, 5) is 11.5. The highest BCUT2D eigenvalue weighted by atomic mass is 32.2. The number of hydrogen-bond donors (Lipinski definition) is 0. The molecule has 1 aromatic rings. The van der Waals surface area contributed by atoms with Crippen LogP contribution in [0.15, 0.2) is 34.8 Å². The van der Waals surface area contributed by atoms with E-state index in [1.165, 1.54) is 17.8 Å². The van der Waals surface area contributed by atoms with Crippen LogP contribution in [-0.2, 0) is 22.2 Å². The van der Waals surface area contributed by atoms with Crippen LogP contribution in [0.5, 0.6) is 0 Å². The standard InChI is InChI=1S/C16H18N2O2S2/c1-4-20-15(19)6-5-14(16(21)22-8-7-17)18-10-12(2)9-13(3)11-18/h5-6,9-11H,4,8H2,1-3H3. The van der Waals surface area contributed by atoms with Gasteiger partial charge in [0.05, 0.1) is 18.4 Å². The molecule has 0 radical (unpaired) electrons. The van der Waals surface area contributed by atoms with E-state index in [0.29, 0.717) is 16.5 Å². The van der Waals surface area contributed by atoms with Crippen molar-refractivity contribution in [1.29, 1.82) is 5.26 Å². The average Bonchev–Trinajstić information content (AvgIpc) is 2.44. The monoisotopic (exact) mass is 334 g/mol. The number of hydrogen-bond acceptors (Lipinski definition) is 5. The molecule has 0 N–H and O–H groups in total. The van der Waals surface area contributed by atoms with Crippen LogP contribution < -0.4 is 4.57 Å². The van der Waals surface area contributed by atoms with Crippen LogP contribution in [0.1, 0.15) is 18.1 Å². The molecule has 6 heteroatoms. The van der Waals surface area contributed by atoms with Crippen molar-refractivity contribution < 1.29 is 14.1 Å². The molecule has 0 saturated carbocycles. The molecule has 22 heavy (non-hydrogen) atoms. The zero-order chi connectivity index (χ0) is 16.5. The van der Waals surface area contributed by atoms with E-state index in [1.807, 2.05) is 30.8 Å². The van der Waals surface area contributed by atoms with Crippen LogP contribution in [0.25, 0.3) is 5.70 Å². The second kappa shape index (κ2) is 9.23. The largest absolute Gasteiger partial charge is 0.767 e. The normalized spacial score (nSPS) is 11.9. The number of rotatable bonds is 6. The lowest BCUT2D eigenvalue weighted by atomic mass is 10.2. The maximum absolute atomic E-state index is 11.5. The molecule has 1 heterocycles. The Morgan fingerprint density at radius 3 is 2.59 bits per heavy atom. The predicted octanol–water partition coefficient (Wildman–Crippen LogP) is 2.64. The number of esters is 1. The number of carbonyl (C=O) groups is 1. The van der Waals surface area contributed by atoms with Gasteiger partial charge in [0.25, 0.3) is 0 Å². The van der Waals surface area contributed by atoms with Crippen LogP contribution in [0.3, 0.4) is 0 Å². The lowest BCUT2D eigenvalue weighted by Crippen LogP contribution is -2.32. The third-order valence-electron chi connectivity index (χ3n) is 2.56. The van der Waals surface area contributed by atoms with Gasteiger partial charge < -0.3 is 17.4 Å². The molecule has 116 valence electrons. The molecule has 0 saturated heterocycles. The summed E-state index contributed by atoms with van der Waals surface area (Å²) in [6, 6.07) is 4.10. The van der Waals surface area contributed by atoms with E-state index < -0.39 is 5.97 Å². The fourth-order valence-electron chi connectivity index (χ4n) is 1.82. The zero-order valence-corrected chi connectivity index (χ0v) is 14.5. The van der Waals surface area contributed by atoms with Gasteiger partial charge >= 0.3 is 5.97 Å². The number of carbonyl (C=O) groups excluding carboxylic acids is 1. The summed E-state index contributed by atoms with van der Waals surface area (Å²) in [5.41, 5.74) is 2.83. The highest BCUT2D eigenvalue weighted by Crippen LogP contribution is 2.19. The summed E-state index contributed by atoms with van der Waals surface area (Å²) in [6.45, 7) is 6.05. The molecule has 0 aliphatic rings. The van der Waals surface area contributed by atoms with E-state index in [9.17, 15) is 4.79 Å². The molecule has 0 unspecified atom stereocenters. The van der Waals surface area contributed by atoms with Crippen LogP contribution in [0.4, 0.5) is 0 Å². The predicted molar refractivity (Wildman–Crippen MR) is 90.5 cm³/mol. The molecule has 0 amide bonds. The molecule has 0 aromatic carbocycles. The van der Waals surface area contributed by atoms with Gasteiger partial charge in [-0.25, -0.2) is 4.79 Å². The molecular formula is C16H18N2O2S2. The van der Waals surface area contributed by atoms with E-state index in [4.69, 9.17) is 22.6 Å². The van der Waals surface area contributed by atoms with E-state index >= 15 is 0 Å². The first kappa shape index (κ1) is 18.2. The molecule has 0 aliphatic carbocycles. The van der Waals surface area contributed by atoms with Crippen molar-refractivity contribution in [2.45, 2.75) is 20.8 Å². The van der Waals surface area contributed by atoms with Crippen molar-refractivity contribution in [2.75, 3.05) is 12.4 Å². The number of aromatic nitrogens is 1. The van der Waals surface area contributed by atoms with Gasteiger partial charge in [-0.1, -0.05) is 4.24 Å². The average molecular weight is 334 g/mol. The zero-order valence-electron chi connectivity index (χ0n) is 12.8. The van der Waals surface area contributed by atoms with Crippen LogP contribution >= 0.6 is 11.8 Å². The SMILES string of the molecule is CCOC(=O)/C=C/C(=C(\[S-])SCC#N)[n+]1cc(C)cc(C)c1. The summed E-state index contributed by atoms with van der Waals surface area (Å²) in [6.07, 6.45) is 6.83. The molecule has 0 fully saturated rings. The Morgan fingerprint density at radius 2 is 2.05 bits per heavy atom. The fraction of sp³-hybridized carbons (Fsp3) is 0.312. The summed E-state index contributed by atoms with van der Waals surface area (Å²) < 4.78 is 7.31. The number of pyridine rings is 1. The van der Waals surface area contributed by atoms with Gasteiger partial charge in [-0.2, -0.15) is 9.83 Å². The Hall–Kier alpha value is -1.84. The number of nitriles is 1. The highest BCUT2D eigenvalue weighted by Gasteiger charge is 2.10. The van der Waals surface area contributed by atoms with Gasteiger partial charge in [-0.3, -0.25) is 0 Å². The van der Waals surface area contributed by atoms with Gasteiger partial charge in [0, 0.05) is 23.3 Å². The van der Waals surface area contributed by atoms with Crippen molar-refractivity contribution in [3.05, 3.63) is 46.0 Å². The first-order chi connectivity index (χ1) is 10.5. The first-order valence-corrected chi connectivity index (χ1v) is 8.13. The van der Waals surface area contributed by atoms with Crippen LogP contribution in [0, 0.1) is 25.2 Å². The Morgan fingerprint density at radius 1 is 1.41 bits per heavy atom. The molecule has 1 rings (SSSR count). The fourth-order valence-corrected chi connectivity index (χ4v) is 2.68. The smallest absolute Gasteiger partial charge is 0.330 e. The lowest BCUT2D eigenvalue weighted by molar-refractivity contribution is -0.579. The van der Waals surface area contributed by atoms with Gasteiger partial charge in [-0.05, 0) is 26.8 Å². The van der Waals surface area contributed by atoms with Gasteiger partial charge in [0.1, 0.15) is 0 Å². The minimum absolute atomic E-state index is 0.265. The number of nitrogens with zero attached hydrogens (tertiary/aromatic N) is 2. The molecule has 0 spiro atoms. The minimum Gasteiger partial charge on any atom is -0.767 e. The molecule has 0 aliphatic heterocycles. The van der Waals surface area contributed by atoms with Crippen LogP contribution in [-0.4, -0.2) is 18.3 Å². The summed E-state index contributed by atoms with van der Waals surface area (Å²) in [5.74, 6) is -0.154. The van der Waals surface area contributed by atoms with Crippen molar-refractivity contribution >= 4 is 36.1 Å². The number of thioether (sulfide) groups is 1. The maximum atomic E-state index is 11.5. The lowest BCUT2D eigenvalue weighted by Gasteiger charge is -2.11. The number of aryl methyl sites for hydroxylation is 2. The van der Waals surface area contributed by atoms with Gasteiger partial charge in [0.15, 0.2) is 18.1 Å². The van der Waals surface area contributed by atoms with Crippen molar-refractivity contribution in [3.63, 3.8) is 0 Å². The second-order valence-electron chi connectivity index (χ2n) is 4.50. The molecule has 0 atom stereocenters. The minimum atomic E-state index is -0.418. The van der Waals surface area contributed by atoms with E-state index in [0.717, 1.165) is 11.1 Å². The topological polar surface area (TPSA) is 54.0 Å². The number of ether oxygens (including phenoxy) is 1. The van der Waals surface area contributed by atoms with E-state index in [2.05, 4.69) is 12.1 Å². The van der Waals surface area contributed by atoms with E-state index in [-0.39, 0.29) is 5.75 Å². The van der Waals surface area contributed by atoms with Crippen LogP contribution in [0.2, 0.25) is 0 Å². The molecular weight excluding hydrogens is 316 g/mol. The Balaban J connectivity index is 3.22. The van der Waals surface area contributed by atoms with Crippen molar-refractivity contribution in [1.82, 2.24) is 0 Å². The highest BCUT2D eigenvalue weighted by molar-refractivity contribution is 8.11. The maximum Gasteiger partial charge on any atom is 0.330 e. The molecule has 4 nitrogen and oxygen atoms in total. The Labute approximate surface area is 140 Å². The molecule has 1 aromatic heterocycles. The van der Waals surface area contributed by atoms with Gasteiger partial charge in [0.2, 0.25) is 0 Å². The van der Waals surface area contributed by atoms with Crippen molar-refractivity contribution in [3.8, 4) is 6.07 Å². The van der Waals surface area contributed by atoms with Gasteiger partial charge in [-0.15, -0.1) is 11.8 Å². The second-order valence-corrected chi connectivity index (χ2v) is 6.15. The Kier molecular flexibility index (Phi) is 7.64. The molecule has 0 bridgehead atoms. The first-order valence-electron chi connectivity index (χ1n) is 6.73. The summed E-state index contributed by atoms with van der Waals surface area (Å²) >= 11 is 6.64. The third-order valence-corrected chi connectivity index (χ3v) is 3.87. The number of allylic oxidation sites excluding steroid dienone is 2. The third kappa shape index (κ3) is 5.88. The van der Waals surface area contributed by atoms with Crippen molar-refractivity contribution in [2.24, 2.45) is 0 Å². The summed E-state index contributed by atoms with van der Waals surface area (Å²) in [7, 11) is 0. The summed E-state index contributed by atoms with van der Waals surface area (Å²) in [5, 5.41) is 8.71.